The van der Waals surface area contributed by atoms with Crippen molar-refractivity contribution in [2.45, 2.75) is 32.6 Å². The van der Waals surface area contributed by atoms with Crippen LogP contribution in [0.15, 0.2) is 12.4 Å². The molecule has 0 bridgehead atoms. The highest BCUT2D eigenvalue weighted by Gasteiger charge is 2.23. The molecule has 0 atom stereocenters. The van der Waals surface area contributed by atoms with Crippen LogP contribution in [0.1, 0.15) is 40.2 Å². The zero-order valence-electron chi connectivity index (χ0n) is 11.3. The normalized spacial score (nSPS) is 14.2. The first-order valence-corrected chi connectivity index (χ1v) is 6.65. The highest BCUT2D eigenvalue weighted by atomic mass is 16.2. The van der Waals surface area contributed by atoms with E-state index in [2.05, 4.69) is 15.2 Å². The molecular weight excluding hydrogens is 240 g/mol. The molecule has 5 heteroatoms. The van der Waals surface area contributed by atoms with Crippen LogP contribution < -0.4 is 4.90 Å². The molecule has 2 N–H and O–H groups in total. The van der Waals surface area contributed by atoms with E-state index >= 15 is 0 Å². The molecule has 5 nitrogen and oxygen atoms in total. The van der Waals surface area contributed by atoms with Crippen LogP contribution in [-0.2, 0) is 12.8 Å². The number of hydrogen-bond donors (Lipinski definition) is 2. The summed E-state index contributed by atoms with van der Waals surface area (Å²) >= 11 is 0. The Labute approximate surface area is 112 Å². The summed E-state index contributed by atoms with van der Waals surface area (Å²) < 4.78 is 0. The number of nitrogens with one attached hydrogen (secondary N) is 2. The second-order valence-corrected chi connectivity index (χ2v) is 5.11. The lowest BCUT2D eigenvalue weighted by atomic mass is 9.95. The molecule has 0 fully saturated rings. The Kier molecular flexibility index (Phi) is 2.89. The fourth-order valence-corrected chi connectivity index (χ4v) is 2.78. The Morgan fingerprint density at radius 2 is 2.16 bits per heavy atom. The van der Waals surface area contributed by atoms with Gasteiger partial charge in [-0.1, -0.05) is 0 Å². The van der Waals surface area contributed by atoms with Crippen molar-refractivity contribution < 1.29 is 4.79 Å². The monoisotopic (exact) mass is 258 g/mol. The molecule has 2 aromatic rings. The molecule has 0 radical (unpaired) electrons. The molecule has 0 saturated carbocycles. The summed E-state index contributed by atoms with van der Waals surface area (Å²) in [6, 6.07) is 0. The fourth-order valence-electron chi connectivity index (χ4n) is 2.78. The van der Waals surface area contributed by atoms with Crippen molar-refractivity contribution in [1.29, 1.82) is 0 Å². The average molecular weight is 258 g/mol. The lowest BCUT2D eigenvalue weighted by Crippen LogP contribution is -2.26. The summed E-state index contributed by atoms with van der Waals surface area (Å²) in [5.41, 5.74) is 5.19. The Hall–Kier alpha value is -2.04. The molecule has 0 aliphatic heterocycles. The van der Waals surface area contributed by atoms with Crippen LogP contribution in [0.2, 0.25) is 0 Å². The summed E-state index contributed by atoms with van der Waals surface area (Å²) in [5.74, 6) is -0.00620. The molecule has 1 amide bonds. The van der Waals surface area contributed by atoms with Gasteiger partial charge in [0.2, 0.25) is 0 Å². The Bertz CT molecular complexity index is 597. The molecule has 0 saturated heterocycles. The Morgan fingerprint density at radius 3 is 2.84 bits per heavy atom. The first kappa shape index (κ1) is 12.0. The number of hydrogen-bond acceptors (Lipinski definition) is 2. The van der Waals surface area contributed by atoms with E-state index in [1.54, 1.807) is 24.3 Å². The summed E-state index contributed by atoms with van der Waals surface area (Å²) in [4.78, 5) is 17.5. The van der Waals surface area contributed by atoms with Gasteiger partial charge in [-0.3, -0.25) is 9.89 Å². The largest absolute Gasteiger partial charge is 0.354 e. The van der Waals surface area contributed by atoms with Gasteiger partial charge in [0.1, 0.15) is 5.69 Å². The van der Waals surface area contributed by atoms with Gasteiger partial charge < -0.3 is 9.88 Å². The molecule has 100 valence electrons. The van der Waals surface area contributed by atoms with Gasteiger partial charge in [-0.25, -0.2) is 0 Å². The maximum absolute atomic E-state index is 12.5. The molecule has 0 spiro atoms. The van der Waals surface area contributed by atoms with E-state index in [1.807, 2.05) is 6.92 Å². The van der Waals surface area contributed by atoms with Crippen LogP contribution in [0.25, 0.3) is 0 Å². The van der Waals surface area contributed by atoms with E-state index in [0.717, 1.165) is 29.8 Å². The lowest BCUT2D eigenvalue weighted by molar-refractivity contribution is 0.0988. The summed E-state index contributed by atoms with van der Waals surface area (Å²) in [6.07, 6.45) is 7.93. The third kappa shape index (κ3) is 1.95. The minimum absolute atomic E-state index is 0.00620. The first-order chi connectivity index (χ1) is 9.18. The van der Waals surface area contributed by atoms with Crippen LogP contribution in [0.3, 0.4) is 0 Å². The zero-order chi connectivity index (χ0) is 13.4. The van der Waals surface area contributed by atoms with Crippen molar-refractivity contribution in [1.82, 2.24) is 15.2 Å². The van der Waals surface area contributed by atoms with Crippen LogP contribution in [0.4, 0.5) is 5.69 Å². The van der Waals surface area contributed by atoms with E-state index < -0.39 is 0 Å². The number of aromatic nitrogens is 3. The van der Waals surface area contributed by atoms with Crippen LogP contribution in [0.5, 0.6) is 0 Å². The predicted octanol–water partition coefficient (Wildman–Crippen LogP) is 2.20. The zero-order valence-corrected chi connectivity index (χ0v) is 11.3. The van der Waals surface area contributed by atoms with Gasteiger partial charge in [0.05, 0.1) is 11.9 Å². The van der Waals surface area contributed by atoms with Gasteiger partial charge in [-0.15, -0.1) is 0 Å². The molecule has 19 heavy (non-hydrogen) atoms. The number of anilines is 1. The highest BCUT2D eigenvalue weighted by molar-refractivity contribution is 6.05. The van der Waals surface area contributed by atoms with Crippen molar-refractivity contribution in [3.8, 4) is 0 Å². The number of amides is 1. The number of nitrogens with zero attached hydrogens (tertiary/aromatic N) is 2. The van der Waals surface area contributed by atoms with Crippen molar-refractivity contribution in [3.05, 3.63) is 34.9 Å². The van der Waals surface area contributed by atoms with Crippen molar-refractivity contribution in [2.75, 3.05) is 11.9 Å². The molecule has 2 aromatic heterocycles. The third-order valence-electron chi connectivity index (χ3n) is 3.96. The van der Waals surface area contributed by atoms with Crippen LogP contribution in [-0.4, -0.2) is 28.1 Å². The minimum Gasteiger partial charge on any atom is -0.354 e. The number of carbonyl (C=O) groups excluding carboxylic acids is 1. The SMILES string of the molecule is Cc1c(C(=O)N(C)c2cn[nH]c2)[nH]c2c1CCCC2. The van der Waals surface area contributed by atoms with Crippen LogP contribution in [0, 0.1) is 6.92 Å². The number of aryl methyl sites for hydroxylation is 1. The molecule has 1 aliphatic rings. The quantitative estimate of drug-likeness (QED) is 0.867. The van der Waals surface area contributed by atoms with Crippen molar-refractivity contribution in [2.24, 2.45) is 0 Å². The van der Waals surface area contributed by atoms with Crippen molar-refractivity contribution >= 4 is 11.6 Å². The molecule has 3 rings (SSSR count). The van der Waals surface area contributed by atoms with Gasteiger partial charge in [0, 0.05) is 18.9 Å². The van der Waals surface area contributed by atoms with Crippen molar-refractivity contribution in [3.63, 3.8) is 0 Å². The Morgan fingerprint density at radius 1 is 1.37 bits per heavy atom. The maximum Gasteiger partial charge on any atom is 0.274 e. The van der Waals surface area contributed by atoms with E-state index in [9.17, 15) is 4.79 Å². The highest BCUT2D eigenvalue weighted by Crippen LogP contribution is 2.27. The Balaban J connectivity index is 1.94. The van der Waals surface area contributed by atoms with Gasteiger partial charge in [0.25, 0.3) is 5.91 Å². The molecular formula is C14H18N4O. The van der Waals surface area contributed by atoms with Gasteiger partial charge in [-0.2, -0.15) is 5.10 Å². The van der Waals surface area contributed by atoms with E-state index in [4.69, 9.17) is 0 Å². The molecule has 0 aromatic carbocycles. The molecule has 2 heterocycles. The number of fused-ring (bicyclic) bond motifs is 1. The van der Waals surface area contributed by atoms with E-state index in [-0.39, 0.29) is 5.91 Å². The summed E-state index contributed by atoms with van der Waals surface area (Å²) in [7, 11) is 1.77. The van der Waals surface area contributed by atoms with Gasteiger partial charge in [0.15, 0.2) is 0 Å². The smallest absolute Gasteiger partial charge is 0.274 e. The summed E-state index contributed by atoms with van der Waals surface area (Å²) in [5, 5.41) is 6.60. The van der Waals surface area contributed by atoms with Gasteiger partial charge >= 0.3 is 0 Å². The fraction of sp³-hybridized carbons (Fsp3) is 0.429. The lowest BCUT2D eigenvalue weighted by Gasteiger charge is -2.14. The topological polar surface area (TPSA) is 64.8 Å². The number of carbonyl (C=O) groups is 1. The second-order valence-electron chi connectivity index (χ2n) is 5.11. The first-order valence-electron chi connectivity index (χ1n) is 6.65. The summed E-state index contributed by atoms with van der Waals surface area (Å²) in [6.45, 7) is 2.04. The standard InChI is InChI=1S/C14H18N4O/c1-9-11-5-3-4-6-12(11)17-13(9)14(19)18(2)10-7-15-16-8-10/h7-8,17H,3-6H2,1-2H3,(H,15,16). The minimum atomic E-state index is -0.00620. The molecule has 1 aliphatic carbocycles. The third-order valence-corrected chi connectivity index (χ3v) is 3.96. The van der Waals surface area contributed by atoms with E-state index in [0.29, 0.717) is 0 Å². The number of H-pyrrole nitrogens is 2. The maximum atomic E-state index is 12.5. The molecule has 0 unspecified atom stereocenters. The second kappa shape index (κ2) is 4.57. The van der Waals surface area contributed by atoms with E-state index in [1.165, 1.54) is 24.1 Å². The number of rotatable bonds is 2. The number of aromatic amines is 2. The predicted molar refractivity (Wildman–Crippen MR) is 73.5 cm³/mol. The average Bonchev–Trinajstić information content (AvgIpc) is 3.06. The van der Waals surface area contributed by atoms with Gasteiger partial charge in [-0.05, 0) is 43.7 Å². The van der Waals surface area contributed by atoms with Crippen LogP contribution >= 0.6 is 0 Å².